The number of rotatable bonds is 8. The van der Waals surface area contributed by atoms with Crippen molar-refractivity contribution in [2.75, 3.05) is 7.05 Å². The Hall–Kier alpha value is -2.35. The van der Waals surface area contributed by atoms with Gasteiger partial charge in [0.05, 0.1) is 29.2 Å². The van der Waals surface area contributed by atoms with Crippen molar-refractivity contribution in [1.29, 1.82) is 0 Å². The van der Waals surface area contributed by atoms with Gasteiger partial charge in [0.15, 0.2) is 0 Å². The molecule has 6 nitrogen and oxygen atoms in total. The Morgan fingerprint density at radius 3 is 2.72 bits per heavy atom. The molecule has 3 aromatic rings. The van der Waals surface area contributed by atoms with Crippen molar-refractivity contribution in [1.82, 2.24) is 24.8 Å². The van der Waals surface area contributed by atoms with Crippen molar-refractivity contribution < 1.29 is 4.79 Å². The standard InChI is InChI=1S/C21H24ClN5OS/c1-4-5-19(15-10-11-24-20(12-15)29-23-3)26-21(28)18-13-25-27(14(18)2)17-8-6-16(22)7-9-17/h6-13,19,23H,4-5H2,1-3H3,(H,26,28). The molecule has 2 heterocycles. The summed E-state index contributed by atoms with van der Waals surface area (Å²) in [4.78, 5) is 17.3. The second-order valence-electron chi connectivity index (χ2n) is 6.58. The average Bonchev–Trinajstić information content (AvgIpc) is 3.10. The number of hydrogen-bond acceptors (Lipinski definition) is 5. The average molecular weight is 430 g/mol. The first-order valence-electron chi connectivity index (χ1n) is 9.44. The number of carbonyl (C=O) groups excluding carboxylic acids is 1. The van der Waals surface area contributed by atoms with Crippen LogP contribution in [0.1, 0.15) is 47.4 Å². The van der Waals surface area contributed by atoms with Crippen LogP contribution in [0.15, 0.2) is 53.8 Å². The fraction of sp³-hybridized carbons (Fsp3) is 0.286. The molecule has 0 fully saturated rings. The molecule has 0 aliphatic rings. The van der Waals surface area contributed by atoms with Crippen LogP contribution in [0.3, 0.4) is 0 Å². The zero-order valence-corrected chi connectivity index (χ0v) is 18.2. The summed E-state index contributed by atoms with van der Waals surface area (Å²) in [5.41, 5.74) is 3.23. The van der Waals surface area contributed by atoms with Gasteiger partial charge in [0.2, 0.25) is 0 Å². The van der Waals surface area contributed by atoms with Crippen LogP contribution in [0, 0.1) is 6.92 Å². The highest BCUT2D eigenvalue weighted by molar-refractivity contribution is 7.97. The molecule has 1 atom stereocenters. The third-order valence-corrected chi connectivity index (χ3v) is 5.46. The molecule has 152 valence electrons. The summed E-state index contributed by atoms with van der Waals surface area (Å²) in [6.45, 7) is 3.99. The van der Waals surface area contributed by atoms with Crippen LogP contribution in [0.5, 0.6) is 0 Å². The summed E-state index contributed by atoms with van der Waals surface area (Å²) in [5, 5.41) is 9.08. The summed E-state index contributed by atoms with van der Waals surface area (Å²) in [6, 6.07) is 11.2. The van der Waals surface area contributed by atoms with Gasteiger partial charge in [-0.15, -0.1) is 0 Å². The highest BCUT2D eigenvalue weighted by Gasteiger charge is 2.20. The van der Waals surface area contributed by atoms with E-state index >= 15 is 0 Å². The van der Waals surface area contributed by atoms with Gasteiger partial charge >= 0.3 is 0 Å². The van der Waals surface area contributed by atoms with E-state index in [-0.39, 0.29) is 11.9 Å². The molecule has 0 saturated carbocycles. The smallest absolute Gasteiger partial charge is 0.255 e. The topological polar surface area (TPSA) is 71.8 Å². The minimum atomic E-state index is -0.138. The van der Waals surface area contributed by atoms with E-state index < -0.39 is 0 Å². The zero-order valence-electron chi connectivity index (χ0n) is 16.6. The molecular weight excluding hydrogens is 406 g/mol. The first-order valence-corrected chi connectivity index (χ1v) is 10.6. The van der Waals surface area contributed by atoms with Crippen LogP contribution in [0.4, 0.5) is 0 Å². The Bertz CT molecular complexity index is 973. The maximum atomic E-state index is 13.0. The normalized spacial score (nSPS) is 12.0. The van der Waals surface area contributed by atoms with E-state index in [0.717, 1.165) is 34.8 Å². The first kappa shape index (κ1) is 21.4. The number of hydrogen-bond donors (Lipinski definition) is 2. The van der Waals surface area contributed by atoms with E-state index in [1.54, 1.807) is 29.2 Å². The zero-order chi connectivity index (χ0) is 20.8. The Morgan fingerprint density at radius 2 is 2.03 bits per heavy atom. The lowest BCUT2D eigenvalue weighted by Gasteiger charge is -2.19. The number of pyridine rings is 1. The molecule has 0 radical (unpaired) electrons. The quantitative estimate of drug-likeness (QED) is 0.506. The fourth-order valence-electron chi connectivity index (χ4n) is 3.12. The van der Waals surface area contributed by atoms with Gasteiger partial charge in [-0.05, 0) is 74.3 Å². The minimum Gasteiger partial charge on any atom is -0.345 e. The van der Waals surface area contributed by atoms with E-state index in [9.17, 15) is 4.79 Å². The van der Waals surface area contributed by atoms with Gasteiger partial charge < -0.3 is 5.32 Å². The van der Waals surface area contributed by atoms with Crippen molar-refractivity contribution in [3.05, 3.63) is 70.6 Å². The first-order chi connectivity index (χ1) is 14.0. The second kappa shape index (κ2) is 9.91. The van der Waals surface area contributed by atoms with E-state index in [1.165, 1.54) is 11.9 Å². The van der Waals surface area contributed by atoms with Gasteiger partial charge in [-0.25, -0.2) is 9.67 Å². The van der Waals surface area contributed by atoms with Crippen LogP contribution in [-0.2, 0) is 0 Å². The number of aromatic nitrogens is 3. The van der Waals surface area contributed by atoms with Crippen molar-refractivity contribution in [2.24, 2.45) is 0 Å². The van der Waals surface area contributed by atoms with Crippen molar-refractivity contribution >= 4 is 29.5 Å². The summed E-state index contributed by atoms with van der Waals surface area (Å²) < 4.78 is 4.77. The molecule has 1 aromatic carbocycles. The molecule has 0 bridgehead atoms. The van der Waals surface area contributed by atoms with Crippen molar-refractivity contribution in [3.63, 3.8) is 0 Å². The highest BCUT2D eigenvalue weighted by atomic mass is 35.5. The molecule has 1 amide bonds. The third kappa shape index (κ3) is 5.18. The fourth-order valence-corrected chi connectivity index (χ4v) is 3.77. The largest absolute Gasteiger partial charge is 0.345 e. The number of benzene rings is 1. The highest BCUT2D eigenvalue weighted by Crippen LogP contribution is 2.23. The third-order valence-electron chi connectivity index (χ3n) is 4.58. The summed E-state index contributed by atoms with van der Waals surface area (Å²) >= 11 is 7.42. The van der Waals surface area contributed by atoms with Gasteiger partial charge in [-0.1, -0.05) is 24.9 Å². The molecule has 0 aliphatic carbocycles. The number of carbonyl (C=O) groups is 1. The van der Waals surface area contributed by atoms with Crippen LogP contribution >= 0.6 is 23.5 Å². The predicted octanol–water partition coefficient (Wildman–Crippen LogP) is 4.73. The van der Waals surface area contributed by atoms with E-state index in [0.29, 0.717) is 10.6 Å². The molecule has 0 saturated heterocycles. The second-order valence-corrected chi connectivity index (χ2v) is 8.05. The summed E-state index contributed by atoms with van der Waals surface area (Å²) in [6.07, 6.45) is 5.17. The van der Waals surface area contributed by atoms with Crippen molar-refractivity contribution in [2.45, 2.75) is 37.8 Å². The van der Waals surface area contributed by atoms with Crippen LogP contribution in [0.2, 0.25) is 5.02 Å². The molecule has 0 spiro atoms. The lowest BCUT2D eigenvalue weighted by molar-refractivity contribution is 0.0933. The Labute approximate surface area is 180 Å². The molecule has 8 heteroatoms. The molecule has 2 aromatic heterocycles. The lowest BCUT2D eigenvalue weighted by Crippen LogP contribution is -2.29. The maximum Gasteiger partial charge on any atom is 0.255 e. The van der Waals surface area contributed by atoms with Gasteiger partial charge in [0.25, 0.3) is 5.91 Å². The SMILES string of the molecule is CCCC(NC(=O)c1cnn(-c2ccc(Cl)cc2)c1C)c1ccnc(SNC)c1. The number of amides is 1. The molecule has 0 aliphatic heterocycles. The molecule has 29 heavy (non-hydrogen) atoms. The number of nitrogens with one attached hydrogen (secondary N) is 2. The predicted molar refractivity (Wildman–Crippen MR) is 118 cm³/mol. The van der Waals surface area contributed by atoms with E-state index in [2.05, 4.69) is 27.0 Å². The molecular formula is C21H24ClN5OS. The summed E-state index contributed by atoms with van der Waals surface area (Å²) in [5.74, 6) is -0.138. The van der Waals surface area contributed by atoms with Gasteiger partial charge in [-0.2, -0.15) is 5.10 Å². The minimum absolute atomic E-state index is 0.0926. The molecule has 1 unspecified atom stereocenters. The van der Waals surface area contributed by atoms with E-state index in [1.807, 2.05) is 38.2 Å². The van der Waals surface area contributed by atoms with Crippen LogP contribution in [0.25, 0.3) is 5.69 Å². The van der Waals surface area contributed by atoms with Crippen LogP contribution in [-0.4, -0.2) is 27.7 Å². The Kier molecular flexibility index (Phi) is 7.30. The monoisotopic (exact) mass is 429 g/mol. The van der Waals surface area contributed by atoms with Gasteiger partial charge in [-0.3, -0.25) is 9.52 Å². The van der Waals surface area contributed by atoms with Gasteiger partial charge in [0, 0.05) is 11.2 Å². The molecule has 2 N–H and O–H groups in total. The number of nitrogens with zero attached hydrogens (tertiary/aromatic N) is 3. The van der Waals surface area contributed by atoms with E-state index in [4.69, 9.17) is 11.6 Å². The van der Waals surface area contributed by atoms with Crippen LogP contribution < -0.4 is 10.0 Å². The summed E-state index contributed by atoms with van der Waals surface area (Å²) in [7, 11) is 1.85. The Balaban J connectivity index is 1.82. The van der Waals surface area contributed by atoms with Gasteiger partial charge in [0.1, 0.15) is 5.03 Å². The van der Waals surface area contributed by atoms with Crippen molar-refractivity contribution in [3.8, 4) is 5.69 Å². The molecule has 3 rings (SSSR count). The maximum absolute atomic E-state index is 13.0. The Morgan fingerprint density at radius 1 is 1.28 bits per heavy atom. The lowest BCUT2D eigenvalue weighted by atomic mass is 10.0. The number of halogens is 1.